The smallest absolute Gasteiger partial charge is 0.311 e. The number of benzene rings is 3. The van der Waals surface area contributed by atoms with Crippen LogP contribution in [0.5, 0.6) is 17.2 Å². The minimum Gasteiger partial charge on any atom is -0.493 e. The van der Waals surface area contributed by atoms with Crippen molar-refractivity contribution in [1.82, 2.24) is 5.32 Å². The normalized spacial score (nSPS) is 15.6. The lowest BCUT2D eigenvalue weighted by Crippen LogP contribution is -2.28. The van der Waals surface area contributed by atoms with E-state index in [-0.39, 0.29) is 17.5 Å². The molecule has 0 spiro atoms. The van der Waals surface area contributed by atoms with Crippen LogP contribution < -0.4 is 14.8 Å². The second kappa shape index (κ2) is 10.3. The van der Waals surface area contributed by atoms with Gasteiger partial charge in [0.05, 0.1) is 23.7 Å². The van der Waals surface area contributed by atoms with Crippen molar-refractivity contribution in [2.24, 2.45) is 0 Å². The Morgan fingerprint density at radius 1 is 1.09 bits per heavy atom. The predicted octanol–water partition coefficient (Wildman–Crippen LogP) is 5.20. The van der Waals surface area contributed by atoms with E-state index in [0.29, 0.717) is 52.0 Å². The zero-order chi connectivity index (χ0) is 24.2. The highest BCUT2D eigenvalue weighted by Gasteiger charge is 2.29. The number of aliphatic hydroxyl groups excluding tert-OH is 1. The molecule has 176 valence electrons. The van der Waals surface area contributed by atoms with Crippen LogP contribution in [0.4, 0.5) is 0 Å². The molecule has 2 atom stereocenters. The minimum absolute atomic E-state index is 0.0424. The molecule has 0 fully saturated rings. The number of rotatable bonds is 7. The summed E-state index contributed by atoms with van der Waals surface area (Å²) in [6.07, 6.45) is -0.489. The van der Waals surface area contributed by atoms with Crippen LogP contribution in [0, 0.1) is 0 Å². The maximum atomic E-state index is 12.4. The number of amides is 1. The average molecular weight is 502 g/mol. The van der Waals surface area contributed by atoms with Gasteiger partial charge in [-0.15, -0.1) is 0 Å². The summed E-state index contributed by atoms with van der Waals surface area (Å²) in [5.41, 5.74) is 1.55. The number of halogens is 2. The lowest BCUT2D eigenvalue weighted by atomic mass is 9.93. The van der Waals surface area contributed by atoms with Gasteiger partial charge in [0.2, 0.25) is 0 Å². The van der Waals surface area contributed by atoms with E-state index in [2.05, 4.69) is 5.32 Å². The molecule has 2 unspecified atom stereocenters. The molecule has 0 aliphatic carbocycles. The van der Waals surface area contributed by atoms with Gasteiger partial charge in [0.1, 0.15) is 17.2 Å². The molecule has 4 rings (SSSR count). The summed E-state index contributed by atoms with van der Waals surface area (Å²) >= 11 is 12.2. The van der Waals surface area contributed by atoms with E-state index in [0.717, 1.165) is 0 Å². The Kier molecular flexibility index (Phi) is 7.26. The molecule has 3 aromatic carbocycles. The second-order valence-corrected chi connectivity index (χ2v) is 8.60. The zero-order valence-corrected chi connectivity index (χ0v) is 19.3. The predicted molar refractivity (Wildman–Crippen MR) is 127 cm³/mol. The summed E-state index contributed by atoms with van der Waals surface area (Å²) in [6, 6.07) is 16.3. The van der Waals surface area contributed by atoms with E-state index >= 15 is 0 Å². The van der Waals surface area contributed by atoms with Crippen LogP contribution in [0.3, 0.4) is 0 Å². The summed E-state index contributed by atoms with van der Waals surface area (Å²) in [7, 11) is 0. The Bertz CT molecular complexity index is 1200. The van der Waals surface area contributed by atoms with Crippen molar-refractivity contribution in [2.45, 2.75) is 18.4 Å². The standard InChI is InChI=1S/C25H21Cl2NO6/c26-16-5-1-14(2-6-16)21(29)13-28-24(30)15-3-7-17(8-4-15)34-23-12-22-19(11-20(23)27)18(25(31)32)9-10-33-22/h1-8,11-12,18,21,29H,9-10,13H2,(H,28,30)(H,31,32). The Labute approximate surface area is 205 Å². The number of hydrogen-bond donors (Lipinski definition) is 3. The maximum absolute atomic E-state index is 12.4. The van der Waals surface area contributed by atoms with Crippen molar-refractivity contribution in [3.8, 4) is 17.2 Å². The monoisotopic (exact) mass is 501 g/mol. The maximum Gasteiger partial charge on any atom is 0.311 e. The van der Waals surface area contributed by atoms with Crippen LogP contribution in [0.2, 0.25) is 10.0 Å². The number of carbonyl (C=O) groups is 2. The van der Waals surface area contributed by atoms with Crippen molar-refractivity contribution < 1.29 is 29.3 Å². The first kappa shape index (κ1) is 23.9. The highest BCUT2D eigenvalue weighted by molar-refractivity contribution is 6.32. The van der Waals surface area contributed by atoms with Crippen LogP contribution in [-0.2, 0) is 4.79 Å². The Balaban J connectivity index is 1.39. The Morgan fingerprint density at radius 2 is 1.79 bits per heavy atom. The van der Waals surface area contributed by atoms with Crippen molar-refractivity contribution >= 4 is 35.1 Å². The van der Waals surface area contributed by atoms with E-state index in [9.17, 15) is 19.8 Å². The molecular formula is C25H21Cl2NO6. The SMILES string of the molecule is O=C(NCC(O)c1ccc(Cl)cc1)c1ccc(Oc2cc3c(cc2Cl)C(C(=O)O)CCO3)cc1. The highest BCUT2D eigenvalue weighted by atomic mass is 35.5. The van der Waals surface area contributed by atoms with E-state index < -0.39 is 18.0 Å². The summed E-state index contributed by atoms with van der Waals surface area (Å²) in [6.45, 7) is 0.336. The average Bonchev–Trinajstić information content (AvgIpc) is 2.83. The summed E-state index contributed by atoms with van der Waals surface area (Å²) < 4.78 is 11.4. The molecule has 34 heavy (non-hydrogen) atoms. The third-order valence-corrected chi connectivity index (χ3v) is 6.00. The molecule has 1 amide bonds. The van der Waals surface area contributed by atoms with Gasteiger partial charge in [-0.05, 0) is 54.4 Å². The first-order valence-corrected chi connectivity index (χ1v) is 11.3. The molecule has 0 bridgehead atoms. The van der Waals surface area contributed by atoms with Crippen LogP contribution in [0.15, 0.2) is 60.7 Å². The summed E-state index contributed by atoms with van der Waals surface area (Å²) in [5.74, 6) is -0.775. The fraction of sp³-hybridized carbons (Fsp3) is 0.200. The minimum atomic E-state index is -0.927. The number of aliphatic carboxylic acids is 1. The van der Waals surface area contributed by atoms with Gasteiger partial charge < -0.3 is 25.0 Å². The molecule has 1 aliphatic rings. The topological polar surface area (TPSA) is 105 Å². The number of hydrogen-bond acceptors (Lipinski definition) is 5. The molecule has 0 aromatic heterocycles. The molecular weight excluding hydrogens is 481 g/mol. The lowest BCUT2D eigenvalue weighted by Gasteiger charge is -2.24. The largest absolute Gasteiger partial charge is 0.493 e. The molecule has 0 radical (unpaired) electrons. The zero-order valence-electron chi connectivity index (χ0n) is 17.8. The quantitative estimate of drug-likeness (QED) is 0.410. The van der Waals surface area contributed by atoms with E-state index in [1.54, 1.807) is 60.7 Å². The second-order valence-electron chi connectivity index (χ2n) is 7.75. The third kappa shape index (κ3) is 5.44. The molecule has 0 saturated heterocycles. The molecule has 9 heteroatoms. The molecule has 3 aromatic rings. The summed E-state index contributed by atoms with van der Waals surface area (Å²) in [5, 5.41) is 23.2. The number of ether oxygens (including phenoxy) is 2. The molecule has 7 nitrogen and oxygen atoms in total. The van der Waals surface area contributed by atoms with Crippen LogP contribution >= 0.6 is 23.2 Å². The van der Waals surface area contributed by atoms with Gasteiger partial charge >= 0.3 is 5.97 Å². The van der Waals surface area contributed by atoms with Gasteiger partial charge in [-0.2, -0.15) is 0 Å². The van der Waals surface area contributed by atoms with Crippen LogP contribution in [0.25, 0.3) is 0 Å². The molecule has 3 N–H and O–H groups in total. The van der Waals surface area contributed by atoms with Gasteiger partial charge in [0, 0.05) is 28.8 Å². The van der Waals surface area contributed by atoms with Gasteiger partial charge in [0.15, 0.2) is 0 Å². The number of carbonyl (C=O) groups excluding carboxylic acids is 1. The number of nitrogens with one attached hydrogen (secondary N) is 1. The van der Waals surface area contributed by atoms with Gasteiger partial charge in [-0.25, -0.2) is 0 Å². The van der Waals surface area contributed by atoms with Gasteiger partial charge in [-0.1, -0.05) is 35.3 Å². The molecule has 1 aliphatic heterocycles. The van der Waals surface area contributed by atoms with Crippen molar-refractivity contribution in [2.75, 3.05) is 13.2 Å². The highest BCUT2D eigenvalue weighted by Crippen LogP contribution is 2.41. The van der Waals surface area contributed by atoms with E-state index in [1.165, 1.54) is 0 Å². The van der Waals surface area contributed by atoms with Crippen LogP contribution in [0.1, 0.15) is 39.9 Å². The molecule has 1 heterocycles. The van der Waals surface area contributed by atoms with E-state index in [1.807, 2.05) is 0 Å². The number of fused-ring (bicyclic) bond motifs is 1. The first-order chi connectivity index (χ1) is 16.3. The first-order valence-electron chi connectivity index (χ1n) is 10.5. The fourth-order valence-corrected chi connectivity index (χ4v) is 3.96. The molecule has 0 saturated carbocycles. The summed E-state index contributed by atoms with van der Waals surface area (Å²) in [4.78, 5) is 23.9. The van der Waals surface area contributed by atoms with E-state index in [4.69, 9.17) is 32.7 Å². The van der Waals surface area contributed by atoms with Gasteiger partial charge in [-0.3, -0.25) is 9.59 Å². The van der Waals surface area contributed by atoms with Crippen molar-refractivity contribution in [1.29, 1.82) is 0 Å². The van der Waals surface area contributed by atoms with Crippen LogP contribution in [-0.4, -0.2) is 35.2 Å². The van der Waals surface area contributed by atoms with Gasteiger partial charge in [0.25, 0.3) is 5.91 Å². The number of aliphatic hydroxyl groups is 1. The third-order valence-electron chi connectivity index (χ3n) is 5.46. The Morgan fingerprint density at radius 3 is 2.47 bits per heavy atom. The Hall–Kier alpha value is -3.26. The van der Waals surface area contributed by atoms with Crippen molar-refractivity contribution in [3.05, 3.63) is 87.4 Å². The number of carboxylic acids is 1. The fourth-order valence-electron chi connectivity index (χ4n) is 3.62. The number of carboxylic acid groups (broad SMARTS) is 1. The van der Waals surface area contributed by atoms with Crippen molar-refractivity contribution in [3.63, 3.8) is 0 Å². The lowest BCUT2D eigenvalue weighted by molar-refractivity contribution is -0.139.